The third-order valence-corrected chi connectivity index (χ3v) is 4.46. The Balaban J connectivity index is 2.03. The van der Waals surface area contributed by atoms with Crippen molar-refractivity contribution in [2.75, 3.05) is 11.9 Å². The highest BCUT2D eigenvalue weighted by atomic mass is 79.9. The highest BCUT2D eigenvalue weighted by Crippen LogP contribution is 2.35. The normalized spacial score (nSPS) is 10.3. The van der Waals surface area contributed by atoms with E-state index in [2.05, 4.69) is 37.2 Å². The molecule has 0 saturated heterocycles. The molecular formula is C16H12Br2N2O6. The number of carbonyl (C=O) groups is 2. The number of hydrogen-bond donors (Lipinski definition) is 2. The van der Waals surface area contributed by atoms with E-state index in [4.69, 9.17) is 4.74 Å². The molecule has 1 amide bonds. The maximum atomic E-state index is 12.0. The molecule has 0 bridgehead atoms. The average Bonchev–Trinajstić information content (AvgIpc) is 2.55. The van der Waals surface area contributed by atoms with Gasteiger partial charge < -0.3 is 15.2 Å². The number of halogens is 2. The molecule has 0 aliphatic rings. The molecule has 0 fully saturated rings. The molecule has 2 aromatic rings. The van der Waals surface area contributed by atoms with E-state index in [1.165, 1.54) is 24.3 Å². The van der Waals surface area contributed by atoms with Gasteiger partial charge in [0.15, 0.2) is 6.61 Å². The van der Waals surface area contributed by atoms with Gasteiger partial charge in [0.2, 0.25) is 0 Å². The number of nitrogens with zero attached hydrogens (tertiary/aromatic N) is 1. The summed E-state index contributed by atoms with van der Waals surface area (Å²) in [7, 11) is 0. The Morgan fingerprint density at radius 1 is 1.23 bits per heavy atom. The number of aromatic hydroxyl groups is 1. The minimum absolute atomic E-state index is 0.0545. The molecule has 0 unspecified atom stereocenters. The van der Waals surface area contributed by atoms with Crippen LogP contribution in [0.1, 0.15) is 15.9 Å². The smallest absolute Gasteiger partial charge is 0.342 e. The first-order valence-electron chi connectivity index (χ1n) is 7.09. The van der Waals surface area contributed by atoms with E-state index >= 15 is 0 Å². The van der Waals surface area contributed by atoms with Gasteiger partial charge in [-0.05, 0) is 56.5 Å². The molecule has 0 aliphatic heterocycles. The minimum atomic E-state index is -0.848. The van der Waals surface area contributed by atoms with Crippen LogP contribution in [0.3, 0.4) is 0 Å². The van der Waals surface area contributed by atoms with Crippen LogP contribution in [-0.4, -0.2) is 28.5 Å². The first-order chi connectivity index (χ1) is 12.2. The van der Waals surface area contributed by atoms with E-state index < -0.39 is 23.4 Å². The number of carbonyl (C=O) groups excluding carboxylic acids is 2. The van der Waals surface area contributed by atoms with Crippen LogP contribution in [0, 0.1) is 17.0 Å². The molecule has 2 rings (SSSR count). The van der Waals surface area contributed by atoms with Gasteiger partial charge in [-0.3, -0.25) is 14.9 Å². The van der Waals surface area contributed by atoms with Crippen molar-refractivity contribution in [2.24, 2.45) is 0 Å². The number of hydrogen-bond acceptors (Lipinski definition) is 6. The molecule has 0 spiro atoms. The fourth-order valence-electron chi connectivity index (χ4n) is 1.98. The van der Waals surface area contributed by atoms with Crippen LogP contribution in [0.25, 0.3) is 0 Å². The molecule has 0 saturated carbocycles. The molecule has 8 nitrogen and oxygen atoms in total. The summed E-state index contributed by atoms with van der Waals surface area (Å²) in [5.74, 6) is -1.74. The Morgan fingerprint density at radius 2 is 1.85 bits per heavy atom. The van der Waals surface area contributed by atoms with E-state index in [1.54, 1.807) is 13.0 Å². The average molecular weight is 488 g/mol. The molecule has 0 atom stereocenters. The van der Waals surface area contributed by atoms with Crippen molar-refractivity contribution >= 4 is 55.1 Å². The Kier molecular flexibility index (Phi) is 6.32. The van der Waals surface area contributed by atoms with Crippen LogP contribution < -0.4 is 5.32 Å². The lowest BCUT2D eigenvalue weighted by molar-refractivity contribution is -0.385. The molecule has 26 heavy (non-hydrogen) atoms. The van der Waals surface area contributed by atoms with Gasteiger partial charge in [0.25, 0.3) is 11.6 Å². The lowest BCUT2D eigenvalue weighted by Gasteiger charge is -2.10. The van der Waals surface area contributed by atoms with E-state index in [9.17, 15) is 24.8 Å². The van der Waals surface area contributed by atoms with Gasteiger partial charge in [0.1, 0.15) is 11.3 Å². The second-order valence-corrected chi connectivity index (χ2v) is 6.90. The highest BCUT2D eigenvalue weighted by molar-refractivity contribution is 9.11. The van der Waals surface area contributed by atoms with Crippen LogP contribution >= 0.6 is 31.9 Å². The Bertz CT molecular complexity index is 877. The number of anilines is 1. The summed E-state index contributed by atoms with van der Waals surface area (Å²) in [5, 5.41) is 23.0. The number of aryl methyl sites for hydroxylation is 1. The number of amides is 1. The van der Waals surface area contributed by atoms with Crippen LogP contribution in [0.2, 0.25) is 0 Å². The number of nitro groups is 1. The maximum Gasteiger partial charge on any atom is 0.342 e. The number of nitrogens with one attached hydrogen (secondary N) is 1. The number of phenolic OH excluding ortho intramolecular Hbond substituents is 1. The second kappa shape index (κ2) is 8.28. The molecule has 0 radical (unpaired) electrons. The number of nitro benzene ring substituents is 1. The highest BCUT2D eigenvalue weighted by Gasteiger charge is 2.18. The first-order valence-corrected chi connectivity index (χ1v) is 8.67. The van der Waals surface area contributed by atoms with Gasteiger partial charge in [-0.1, -0.05) is 6.07 Å². The SMILES string of the molecule is Cc1ccc(C(=O)OCC(=O)Nc2c(Br)cc([N+](=O)[O-])cc2Br)c(O)c1. The topological polar surface area (TPSA) is 119 Å². The van der Waals surface area contributed by atoms with Crippen LogP contribution in [-0.2, 0) is 9.53 Å². The van der Waals surface area contributed by atoms with Gasteiger partial charge >= 0.3 is 5.97 Å². The summed E-state index contributed by atoms with van der Waals surface area (Å²) in [4.78, 5) is 34.1. The van der Waals surface area contributed by atoms with E-state index in [0.717, 1.165) is 5.56 Å². The number of benzene rings is 2. The molecule has 2 N–H and O–H groups in total. The van der Waals surface area contributed by atoms with E-state index in [0.29, 0.717) is 0 Å². The van der Waals surface area contributed by atoms with Crippen LogP contribution in [0.4, 0.5) is 11.4 Å². The molecule has 136 valence electrons. The van der Waals surface area contributed by atoms with Gasteiger partial charge in [-0.25, -0.2) is 4.79 Å². The van der Waals surface area contributed by atoms with E-state index in [-0.39, 0.29) is 31.6 Å². The number of non-ortho nitro benzene ring substituents is 1. The molecule has 0 aromatic heterocycles. The van der Waals surface area contributed by atoms with Crippen molar-refractivity contribution in [3.8, 4) is 5.75 Å². The molecule has 0 aliphatic carbocycles. The zero-order valence-corrected chi connectivity index (χ0v) is 16.5. The zero-order valence-electron chi connectivity index (χ0n) is 13.3. The van der Waals surface area contributed by atoms with Gasteiger partial charge in [0.05, 0.1) is 10.6 Å². The number of ether oxygens (including phenoxy) is 1. The lowest BCUT2D eigenvalue weighted by Crippen LogP contribution is -2.21. The first kappa shape index (κ1) is 19.9. The summed E-state index contributed by atoms with van der Waals surface area (Å²) in [6.07, 6.45) is 0. The predicted molar refractivity (Wildman–Crippen MR) is 100 cm³/mol. The monoisotopic (exact) mass is 486 g/mol. The molecule has 10 heteroatoms. The summed E-state index contributed by atoms with van der Waals surface area (Å²) < 4.78 is 5.45. The summed E-state index contributed by atoms with van der Waals surface area (Å²) in [6.45, 7) is 1.16. The second-order valence-electron chi connectivity index (χ2n) is 5.19. The Morgan fingerprint density at radius 3 is 2.38 bits per heavy atom. The maximum absolute atomic E-state index is 12.0. The van der Waals surface area contributed by atoms with Crippen molar-refractivity contribution in [2.45, 2.75) is 6.92 Å². The Labute approximate surface area is 164 Å². The molecule has 2 aromatic carbocycles. The zero-order chi connectivity index (χ0) is 19.4. The van der Waals surface area contributed by atoms with Crippen molar-refractivity contribution in [3.63, 3.8) is 0 Å². The number of phenols is 1. The summed E-state index contributed by atoms with van der Waals surface area (Å²) in [6, 6.07) is 6.89. The van der Waals surface area contributed by atoms with Crippen molar-refractivity contribution in [1.82, 2.24) is 0 Å². The fourth-order valence-corrected chi connectivity index (χ4v) is 3.34. The largest absolute Gasteiger partial charge is 0.507 e. The third kappa shape index (κ3) is 4.79. The van der Waals surface area contributed by atoms with Crippen LogP contribution in [0.5, 0.6) is 5.75 Å². The fraction of sp³-hybridized carbons (Fsp3) is 0.125. The van der Waals surface area contributed by atoms with Gasteiger partial charge in [-0.15, -0.1) is 0 Å². The van der Waals surface area contributed by atoms with E-state index in [1.807, 2.05) is 0 Å². The summed E-state index contributed by atoms with van der Waals surface area (Å²) >= 11 is 6.28. The number of esters is 1. The standard InChI is InChI=1S/C16H12Br2N2O6/c1-8-2-3-10(13(21)4-8)16(23)26-7-14(22)19-15-11(17)5-9(20(24)25)6-12(15)18/h2-6,21H,7H2,1H3,(H,19,22). The lowest BCUT2D eigenvalue weighted by atomic mass is 10.1. The van der Waals surface area contributed by atoms with Crippen molar-refractivity contribution in [3.05, 3.63) is 60.5 Å². The molecule has 0 heterocycles. The third-order valence-electron chi connectivity index (χ3n) is 3.21. The predicted octanol–water partition coefficient (Wildman–Crippen LogP) is 3.93. The minimum Gasteiger partial charge on any atom is -0.507 e. The van der Waals surface area contributed by atoms with Gasteiger partial charge in [0, 0.05) is 21.1 Å². The summed E-state index contributed by atoms with van der Waals surface area (Å²) in [5.41, 5.74) is 0.809. The van der Waals surface area contributed by atoms with Gasteiger partial charge in [-0.2, -0.15) is 0 Å². The Hall–Kier alpha value is -2.46. The van der Waals surface area contributed by atoms with Crippen molar-refractivity contribution < 1.29 is 24.4 Å². The van der Waals surface area contributed by atoms with Crippen molar-refractivity contribution in [1.29, 1.82) is 0 Å². The quantitative estimate of drug-likeness (QED) is 0.374. The van der Waals surface area contributed by atoms with Crippen LogP contribution in [0.15, 0.2) is 39.3 Å². The molecular weight excluding hydrogens is 476 g/mol. The number of rotatable bonds is 5.